The highest BCUT2D eigenvalue weighted by Gasteiger charge is 2.19. The summed E-state index contributed by atoms with van der Waals surface area (Å²) in [6.45, 7) is 6.26. The molecule has 1 aromatic heterocycles. The van der Waals surface area contributed by atoms with Crippen molar-refractivity contribution >= 4 is 29.0 Å². The molecule has 1 heterocycles. The zero-order valence-corrected chi connectivity index (χ0v) is 20.0. The van der Waals surface area contributed by atoms with Gasteiger partial charge in [0.2, 0.25) is 5.91 Å². The van der Waals surface area contributed by atoms with Crippen LogP contribution in [0.1, 0.15) is 41.9 Å². The predicted molar refractivity (Wildman–Crippen MR) is 135 cm³/mol. The molecular formula is C26H31N5O3. The number of ether oxygens (including phenoxy) is 1. The Kier molecular flexibility index (Phi) is 8.45. The Morgan fingerprint density at radius 2 is 1.85 bits per heavy atom. The molecule has 8 heteroatoms. The molecule has 0 aliphatic rings. The summed E-state index contributed by atoms with van der Waals surface area (Å²) in [5, 5.41) is 12.9. The summed E-state index contributed by atoms with van der Waals surface area (Å²) in [7, 11) is 1.56. The second-order valence-corrected chi connectivity index (χ2v) is 7.63. The molecule has 3 rings (SSSR count). The number of methoxy groups -OCH3 is 1. The summed E-state index contributed by atoms with van der Waals surface area (Å²) >= 11 is 0. The van der Waals surface area contributed by atoms with Gasteiger partial charge in [-0.15, -0.1) is 0 Å². The van der Waals surface area contributed by atoms with E-state index in [1.807, 2.05) is 56.3 Å². The molecule has 178 valence electrons. The number of aromatic amines is 1. The number of nitrogens with zero attached hydrogens (tertiary/aromatic N) is 2. The molecule has 0 radical (unpaired) electrons. The molecule has 2 aromatic carbocycles. The third-order valence-electron chi connectivity index (χ3n) is 5.32. The van der Waals surface area contributed by atoms with Crippen molar-refractivity contribution in [2.24, 2.45) is 0 Å². The van der Waals surface area contributed by atoms with Crippen molar-refractivity contribution in [2.45, 2.75) is 27.2 Å². The lowest BCUT2D eigenvalue weighted by atomic mass is 10.0. The molecule has 0 unspecified atom stereocenters. The molecule has 2 amide bonds. The normalized spacial score (nSPS) is 11.1. The van der Waals surface area contributed by atoms with Crippen LogP contribution in [0.15, 0.2) is 60.7 Å². The fourth-order valence-electron chi connectivity index (χ4n) is 3.63. The van der Waals surface area contributed by atoms with Crippen LogP contribution < -0.4 is 20.3 Å². The van der Waals surface area contributed by atoms with Gasteiger partial charge in [0.15, 0.2) is 5.82 Å². The third kappa shape index (κ3) is 5.83. The highest BCUT2D eigenvalue weighted by Crippen LogP contribution is 2.27. The molecule has 0 saturated heterocycles. The van der Waals surface area contributed by atoms with Crippen LogP contribution >= 0.6 is 0 Å². The van der Waals surface area contributed by atoms with Gasteiger partial charge < -0.3 is 20.3 Å². The largest absolute Gasteiger partial charge is 0.495 e. The van der Waals surface area contributed by atoms with Crippen molar-refractivity contribution in [3.05, 3.63) is 77.5 Å². The fraction of sp³-hybridized carbons (Fsp3) is 0.269. The maximum atomic E-state index is 12.8. The molecular weight excluding hydrogens is 430 g/mol. The summed E-state index contributed by atoms with van der Waals surface area (Å²) in [6.07, 6.45) is 2.92. The zero-order chi connectivity index (χ0) is 24.5. The van der Waals surface area contributed by atoms with Crippen molar-refractivity contribution in [2.75, 3.05) is 30.4 Å². The Morgan fingerprint density at radius 3 is 2.56 bits per heavy atom. The topological polar surface area (TPSA) is 99.4 Å². The number of anilines is 2. The van der Waals surface area contributed by atoms with Gasteiger partial charge in [0.1, 0.15) is 11.4 Å². The van der Waals surface area contributed by atoms with Crippen LogP contribution in [-0.4, -0.2) is 42.2 Å². The molecule has 0 aliphatic heterocycles. The number of carbonyl (C=O) groups excluding carboxylic acids is 2. The molecule has 8 nitrogen and oxygen atoms in total. The number of amides is 2. The smallest absolute Gasteiger partial charge is 0.269 e. The van der Waals surface area contributed by atoms with Crippen LogP contribution in [-0.2, 0) is 4.79 Å². The summed E-state index contributed by atoms with van der Waals surface area (Å²) in [5.41, 5.74) is 4.05. The van der Waals surface area contributed by atoms with E-state index in [4.69, 9.17) is 4.74 Å². The van der Waals surface area contributed by atoms with Crippen LogP contribution in [0.4, 0.5) is 11.5 Å². The van der Waals surface area contributed by atoms with Crippen LogP contribution in [0.3, 0.4) is 0 Å². The fourth-order valence-corrected chi connectivity index (χ4v) is 3.63. The lowest BCUT2D eigenvalue weighted by molar-refractivity contribution is -0.117. The van der Waals surface area contributed by atoms with Crippen molar-refractivity contribution in [3.63, 3.8) is 0 Å². The number of hydrogen-bond donors (Lipinski definition) is 3. The van der Waals surface area contributed by atoms with Crippen molar-refractivity contribution in [1.29, 1.82) is 0 Å². The van der Waals surface area contributed by atoms with Gasteiger partial charge in [-0.1, -0.05) is 49.4 Å². The molecule has 0 fully saturated rings. The van der Waals surface area contributed by atoms with E-state index in [2.05, 4.69) is 33.8 Å². The van der Waals surface area contributed by atoms with E-state index in [1.54, 1.807) is 24.1 Å². The molecule has 3 aromatic rings. The SMILES string of the molecule is CC/C=C(/Nc1cc(C(=O)NCC(=O)N(CC)c2ccccc2OC)[nH]n1)c1ccccc1C. The van der Waals surface area contributed by atoms with E-state index in [9.17, 15) is 9.59 Å². The zero-order valence-electron chi connectivity index (χ0n) is 20.0. The van der Waals surface area contributed by atoms with E-state index in [1.165, 1.54) is 0 Å². The predicted octanol–water partition coefficient (Wildman–Crippen LogP) is 4.37. The quantitative estimate of drug-likeness (QED) is 0.416. The van der Waals surface area contributed by atoms with Gasteiger partial charge in [-0.3, -0.25) is 14.7 Å². The number of nitrogens with one attached hydrogen (secondary N) is 3. The van der Waals surface area contributed by atoms with Crippen molar-refractivity contribution < 1.29 is 14.3 Å². The number of carbonyl (C=O) groups is 2. The Balaban J connectivity index is 1.65. The molecule has 0 spiro atoms. The Bertz CT molecular complexity index is 1170. The van der Waals surface area contributed by atoms with Crippen LogP contribution in [0.25, 0.3) is 5.70 Å². The minimum atomic E-state index is -0.415. The first kappa shape index (κ1) is 24.6. The maximum Gasteiger partial charge on any atom is 0.269 e. The van der Waals surface area contributed by atoms with Crippen LogP contribution in [0.5, 0.6) is 5.75 Å². The maximum absolute atomic E-state index is 12.8. The van der Waals surface area contributed by atoms with Gasteiger partial charge >= 0.3 is 0 Å². The molecule has 0 bridgehead atoms. The van der Waals surface area contributed by atoms with E-state index in [0.29, 0.717) is 23.8 Å². The standard InChI is InChI=1S/C26H31N5O3/c1-5-11-20(19-13-8-7-12-18(19)3)28-24-16-21(29-30-24)26(33)27-17-25(32)31(6-2)22-14-9-10-15-23(22)34-4/h7-16H,5-6,17H2,1-4H3,(H,27,33)(H2,28,29,30)/b20-11+. The van der Waals surface area contributed by atoms with Crippen molar-refractivity contribution in [3.8, 4) is 5.75 Å². The lowest BCUT2D eigenvalue weighted by Gasteiger charge is -2.23. The van der Waals surface area contributed by atoms with Crippen LogP contribution in [0, 0.1) is 6.92 Å². The van der Waals surface area contributed by atoms with E-state index in [-0.39, 0.29) is 18.1 Å². The average Bonchev–Trinajstić information content (AvgIpc) is 3.32. The highest BCUT2D eigenvalue weighted by molar-refractivity contribution is 6.00. The van der Waals surface area contributed by atoms with E-state index in [0.717, 1.165) is 23.2 Å². The highest BCUT2D eigenvalue weighted by atomic mass is 16.5. The summed E-state index contributed by atoms with van der Waals surface area (Å²) in [6, 6.07) is 17.0. The lowest BCUT2D eigenvalue weighted by Crippen LogP contribution is -2.40. The first-order valence-corrected chi connectivity index (χ1v) is 11.3. The molecule has 0 atom stereocenters. The molecule has 0 aliphatic carbocycles. The Morgan fingerprint density at radius 1 is 1.12 bits per heavy atom. The molecule has 3 N–H and O–H groups in total. The number of para-hydroxylation sites is 2. The summed E-state index contributed by atoms with van der Waals surface area (Å²) in [5.74, 6) is 0.453. The minimum absolute atomic E-state index is 0.156. The third-order valence-corrected chi connectivity index (χ3v) is 5.32. The number of likely N-dealkylation sites (N-methyl/N-ethyl adjacent to an activating group) is 1. The van der Waals surface area contributed by atoms with E-state index < -0.39 is 5.91 Å². The second kappa shape index (κ2) is 11.7. The first-order chi connectivity index (χ1) is 16.5. The number of H-pyrrole nitrogens is 1. The monoisotopic (exact) mass is 461 g/mol. The van der Waals surface area contributed by atoms with Gasteiger partial charge in [0.05, 0.1) is 19.3 Å². The first-order valence-electron chi connectivity index (χ1n) is 11.3. The molecule has 34 heavy (non-hydrogen) atoms. The summed E-state index contributed by atoms with van der Waals surface area (Å²) in [4.78, 5) is 27.0. The minimum Gasteiger partial charge on any atom is -0.495 e. The second-order valence-electron chi connectivity index (χ2n) is 7.63. The van der Waals surface area contributed by atoms with Gasteiger partial charge in [0.25, 0.3) is 5.91 Å². The molecule has 0 saturated carbocycles. The van der Waals surface area contributed by atoms with Gasteiger partial charge in [-0.2, -0.15) is 5.10 Å². The van der Waals surface area contributed by atoms with Crippen molar-refractivity contribution in [1.82, 2.24) is 15.5 Å². The number of allylic oxidation sites excluding steroid dienone is 1. The average molecular weight is 462 g/mol. The van der Waals surface area contributed by atoms with Gasteiger partial charge in [-0.25, -0.2) is 0 Å². The summed E-state index contributed by atoms with van der Waals surface area (Å²) < 4.78 is 5.36. The Labute approximate surface area is 200 Å². The number of aromatic nitrogens is 2. The Hall–Kier alpha value is -4.07. The van der Waals surface area contributed by atoms with Gasteiger partial charge in [0, 0.05) is 23.9 Å². The number of aryl methyl sites for hydroxylation is 1. The van der Waals surface area contributed by atoms with Gasteiger partial charge in [-0.05, 0) is 38.0 Å². The number of hydrogen-bond acceptors (Lipinski definition) is 5. The number of benzene rings is 2. The van der Waals surface area contributed by atoms with E-state index >= 15 is 0 Å². The number of rotatable bonds is 10. The van der Waals surface area contributed by atoms with Crippen LogP contribution in [0.2, 0.25) is 0 Å².